The van der Waals surface area contributed by atoms with Crippen LogP contribution in [-0.2, 0) is 0 Å². The summed E-state index contributed by atoms with van der Waals surface area (Å²) in [6, 6.07) is 3.83. The van der Waals surface area contributed by atoms with Crippen LogP contribution in [-0.4, -0.2) is 37.8 Å². The molecule has 0 aromatic carbocycles. The second-order valence-corrected chi connectivity index (χ2v) is 5.41. The van der Waals surface area contributed by atoms with Crippen LogP contribution >= 0.6 is 11.8 Å². The predicted molar refractivity (Wildman–Crippen MR) is 68.3 cm³/mol. The van der Waals surface area contributed by atoms with Crippen molar-refractivity contribution in [3.63, 3.8) is 0 Å². The number of rotatable bonds is 2. The number of thioether (sulfide) groups is 1. The summed E-state index contributed by atoms with van der Waals surface area (Å²) in [4.78, 5) is 8.61. The minimum absolute atomic E-state index is 0.0553. The summed E-state index contributed by atoms with van der Waals surface area (Å²) in [6.45, 7) is 1.96. The summed E-state index contributed by atoms with van der Waals surface area (Å²) >= 11 is 1.70. The monoisotopic (exact) mass is 263 g/mol. The lowest BCUT2D eigenvalue weighted by atomic mass is 10.1. The van der Waals surface area contributed by atoms with Gasteiger partial charge in [0.15, 0.2) is 0 Å². The number of pyridine rings is 1. The number of aromatic nitrogens is 3. The van der Waals surface area contributed by atoms with Gasteiger partial charge in [-0.1, -0.05) is 11.2 Å². The fraction of sp³-hybridized carbons (Fsp3) is 0.417. The highest BCUT2D eigenvalue weighted by Gasteiger charge is 2.32. The number of hydrogen-bond donors (Lipinski definition) is 1. The van der Waals surface area contributed by atoms with Gasteiger partial charge in [-0.05, 0) is 18.6 Å². The first-order valence-corrected chi connectivity index (χ1v) is 6.92. The lowest BCUT2D eigenvalue weighted by Crippen LogP contribution is -2.15. The van der Waals surface area contributed by atoms with E-state index in [4.69, 9.17) is 4.52 Å². The van der Waals surface area contributed by atoms with Crippen molar-refractivity contribution in [3.05, 3.63) is 29.8 Å². The van der Waals surface area contributed by atoms with Crippen molar-refractivity contribution in [2.24, 2.45) is 0 Å². The van der Waals surface area contributed by atoms with Crippen LogP contribution in [0.3, 0.4) is 0 Å². The molecule has 18 heavy (non-hydrogen) atoms. The van der Waals surface area contributed by atoms with Gasteiger partial charge in [0, 0.05) is 17.7 Å². The molecule has 2 atom stereocenters. The number of aliphatic hydroxyl groups is 1. The van der Waals surface area contributed by atoms with Crippen molar-refractivity contribution in [3.8, 4) is 11.5 Å². The highest BCUT2D eigenvalue weighted by Crippen LogP contribution is 2.32. The van der Waals surface area contributed by atoms with Crippen LogP contribution in [0.15, 0.2) is 22.9 Å². The molecule has 2 unspecified atom stereocenters. The Balaban J connectivity index is 1.92. The minimum atomic E-state index is -0.395. The summed E-state index contributed by atoms with van der Waals surface area (Å²) in [5.41, 5.74) is 1.74. The Morgan fingerprint density at radius 2 is 2.33 bits per heavy atom. The molecular formula is C12H13N3O2S. The van der Waals surface area contributed by atoms with Crippen LogP contribution in [0.2, 0.25) is 0 Å². The van der Waals surface area contributed by atoms with Gasteiger partial charge < -0.3 is 9.63 Å². The molecule has 0 saturated carbocycles. The molecule has 1 aliphatic heterocycles. The SMILES string of the molecule is Cc1cccnc1-c1noc(C2CSCC2O)n1. The van der Waals surface area contributed by atoms with E-state index < -0.39 is 6.10 Å². The standard InChI is InChI=1S/C12H13N3O2S/c1-7-3-2-4-13-10(7)11-14-12(17-15-11)8-5-18-6-9(8)16/h2-4,8-9,16H,5-6H2,1H3. The second kappa shape index (κ2) is 4.70. The van der Waals surface area contributed by atoms with Crippen molar-refractivity contribution in [1.82, 2.24) is 15.1 Å². The third-order valence-corrected chi connectivity index (χ3v) is 4.20. The molecule has 1 saturated heterocycles. The van der Waals surface area contributed by atoms with E-state index >= 15 is 0 Å². The van der Waals surface area contributed by atoms with Gasteiger partial charge in [-0.15, -0.1) is 0 Å². The molecule has 0 bridgehead atoms. The van der Waals surface area contributed by atoms with Crippen LogP contribution in [0.25, 0.3) is 11.5 Å². The first-order valence-electron chi connectivity index (χ1n) is 5.77. The second-order valence-electron chi connectivity index (χ2n) is 4.34. The summed E-state index contributed by atoms with van der Waals surface area (Å²) in [6.07, 6.45) is 1.31. The zero-order chi connectivity index (χ0) is 12.5. The maximum Gasteiger partial charge on any atom is 0.233 e. The fourth-order valence-electron chi connectivity index (χ4n) is 1.98. The quantitative estimate of drug-likeness (QED) is 0.888. The van der Waals surface area contributed by atoms with E-state index in [-0.39, 0.29) is 5.92 Å². The first-order chi connectivity index (χ1) is 8.75. The van der Waals surface area contributed by atoms with Crippen LogP contribution in [0.5, 0.6) is 0 Å². The summed E-state index contributed by atoms with van der Waals surface area (Å²) < 4.78 is 5.25. The Labute approximate surface area is 109 Å². The molecule has 94 valence electrons. The van der Waals surface area contributed by atoms with Crippen molar-refractivity contribution in [2.45, 2.75) is 18.9 Å². The van der Waals surface area contributed by atoms with Gasteiger partial charge in [0.25, 0.3) is 0 Å². The molecule has 2 aromatic heterocycles. The van der Waals surface area contributed by atoms with E-state index in [2.05, 4.69) is 15.1 Å². The molecule has 3 heterocycles. The average Bonchev–Trinajstić information content (AvgIpc) is 2.98. The molecule has 0 aliphatic carbocycles. The van der Waals surface area contributed by atoms with Gasteiger partial charge in [0.05, 0.1) is 12.0 Å². The smallest absolute Gasteiger partial charge is 0.233 e. The van der Waals surface area contributed by atoms with Crippen LogP contribution < -0.4 is 0 Å². The molecule has 0 amide bonds. The van der Waals surface area contributed by atoms with E-state index in [1.165, 1.54) is 0 Å². The largest absolute Gasteiger partial charge is 0.391 e. The van der Waals surface area contributed by atoms with E-state index in [9.17, 15) is 5.11 Å². The number of aryl methyl sites for hydroxylation is 1. The van der Waals surface area contributed by atoms with E-state index in [1.807, 2.05) is 19.1 Å². The lowest BCUT2D eigenvalue weighted by molar-refractivity contribution is 0.164. The lowest BCUT2D eigenvalue weighted by Gasteiger charge is -2.06. The Morgan fingerprint density at radius 1 is 1.44 bits per heavy atom. The minimum Gasteiger partial charge on any atom is -0.391 e. The normalized spacial score (nSPS) is 23.4. The molecule has 6 heteroatoms. The summed E-state index contributed by atoms with van der Waals surface area (Å²) in [7, 11) is 0. The fourth-order valence-corrected chi connectivity index (χ4v) is 3.21. The summed E-state index contributed by atoms with van der Waals surface area (Å²) in [5, 5.41) is 13.8. The molecule has 1 N–H and O–H groups in total. The molecule has 0 radical (unpaired) electrons. The molecule has 1 fully saturated rings. The van der Waals surface area contributed by atoms with Crippen LogP contribution in [0.1, 0.15) is 17.4 Å². The number of aliphatic hydroxyl groups excluding tert-OH is 1. The van der Waals surface area contributed by atoms with Crippen molar-refractivity contribution in [1.29, 1.82) is 0 Å². The highest BCUT2D eigenvalue weighted by molar-refractivity contribution is 7.99. The molecule has 1 aliphatic rings. The van der Waals surface area contributed by atoms with Gasteiger partial charge in [-0.25, -0.2) is 0 Å². The van der Waals surface area contributed by atoms with Gasteiger partial charge in [-0.3, -0.25) is 4.98 Å². The third-order valence-electron chi connectivity index (χ3n) is 3.03. The van der Waals surface area contributed by atoms with Gasteiger partial charge >= 0.3 is 0 Å². The zero-order valence-electron chi connectivity index (χ0n) is 9.91. The Kier molecular flexibility index (Phi) is 3.05. The molecule has 2 aromatic rings. The molecule has 5 nitrogen and oxygen atoms in total. The van der Waals surface area contributed by atoms with E-state index in [1.54, 1.807) is 18.0 Å². The first kappa shape index (κ1) is 11.7. The van der Waals surface area contributed by atoms with Crippen molar-refractivity contribution < 1.29 is 9.63 Å². The molecule has 0 spiro atoms. The zero-order valence-corrected chi connectivity index (χ0v) is 10.7. The third kappa shape index (κ3) is 2.02. The average molecular weight is 263 g/mol. The maximum absolute atomic E-state index is 9.81. The van der Waals surface area contributed by atoms with Crippen LogP contribution in [0.4, 0.5) is 0 Å². The van der Waals surface area contributed by atoms with Gasteiger partial charge in [0.1, 0.15) is 5.69 Å². The van der Waals surface area contributed by atoms with Crippen molar-refractivity contribution >= 4 is 11.8 Å². The molecular weight excluding hydrogens is 250 g/mol. The molecule has 3 rings (SSSR count). The maximum atomic E-state index is 9.81. The summed E-state index contributed by atoms with van der Waals surface area (Å²) in [5.74, 6) is 2.50. The van der Waals surface area contributed by atoms with Crippen molar-refractivity contribution in [2.75, 3.05) is 11.5 Å². The number of hydrogen-bond acceptors (Lipinski definition) is 6. The topological polar surface area (TPSA) is 72.0 Å². The van der Waals surface area contributed by atoms with Gasteiger partial charge in [0.2, 0.25) is 11.7 Å². The predicted octanol–water partition coefficient (Wildman–Crippen LogP) is 1.63. The highest BCUT2D eigenvalue weighted by atomic mass is 32.2. The Morgan fingerprint density at radius 3 is 3.06 bits per heavy atom. The van der Waals surface area contributed by atoms with E-state index in [0.29, 0.717) is 11.7 Å². The van der Waals surface area contributed by atoms with Crippen LogP contribution in [0, 0.1) is 6.92 Å². The number of nitrogens with zero attached hydrogens (tertiary/aromatic N) is 3. The van der Waals surface area contributed by atoms with E-state index in [0.717, 1.165) is 22.8 Å². The van der Waals surface area contributed by atoms with Gasteiger partial charge in [-0.2, -0.15) is 16.7 Å². The Bertz CT molecular complexity index is 558. The Hall–Kier alpha value is -1.40.